The van der Waals surface area contributed by atoms with Crippen molar-refractivity contribution in [2.24, 2.45) is 0 Å². The summed E-state index contributed by atoms with van der Waals surface area (Å²) in [6.45, 7) is 0. The maximum Gasteiger partial charge on any atom is 0.274 e. The third kappa shape index (κ3) is 2.83. The summed E-state index contributed by atoms with van der Waals surface area (Å²) in [5.74, 6) is -2.00. The average molecular weight is 300 g/mol. The number of carbonyl (C=O) groups is 1. The van der Waals surface area contributed by atoms with Crippen molar-refractivity contribution in [3.05, 3.63) is 72.4 Å². The van der Waals surface area contributed by atoms with Crippen LogP contribution in [0.1, 0.15) is 10.5 Å². The van der Waals surface area contributed by atoms with Crippen LogP contribution in [0.2, 0.25) is 0 Å². The number of nitrogens with zero attached hydrogens (tertiary/aromatic N) is 3. The lowest BCUT2D eigenvalue weighted by Crippen LogP contribution is -2.14. The zero-order valence-corrected chi connectivity index (χ0v) is 11.2. The van der Waals surface area contributed by atoms with Gasteiger partial charge < -0.3 is 5.32 Å². The quantitative estimate of drug-likeness (QED) is 0.809. The molecule has 0 saturated heterocycles. The van der Waals surface area contributed by atoms with Crippen molar-refractivity contribution in [2.45, 2.75) is 0 Å². The van der Waals surface area contributed by atoms with Gasteiger partial charge in [0.1, 0.15) is 17.8 Å². The Morgan fingerprint density at radius 2 is 2.00 bits per heavy atom. The van der Waals surface area contributed by atoms with Gasteiger partial charge in [0.15, 0.2) is 11.6 Å². The zero-order valence-electron chi connectivity index (χ0n) is 11.2. The summed E-state index contributed by atoms with van der Waals surface area (Å²) in [6, 6.07) is 8.04. The van der Waals surface area contributed by atoms with E-state index in [1.165, 1.54) is 12.1 Å². The van der Waals surface area contributed by atoms with Crippen LogP contribution in [-0.2, 0) is 0 Å². The summed E-state index contributed by atoms with van der Waals surface area (Å²) in [4.78, 5) is 20.2. The van der Waals surface area contributed by atoms with Crippen LogP contribution in [0.5, 0.6) is 0 Å². The lowest BCUT2D eigenvalue weighted by Gasteiger charge is -2.07. The van der Waals surface area contributed by atoms with Crippen LogP contribution in [0.4, 0.5) is 14.5 Å². The van der Waals surface area contributed by atoms with Gasteiger partial charge in [-0.1, -0.05) is 6.07 Å². The Kier molecular flexibility index (Phi) is 3.61. The van der Waals surface area contributed by atoms with Crippen LogP contribution >= 0.6 is 0 Å². The second kappa shape index (κ2) is 5.72. The molecule has 2 aromatic heterocycles. The van der Waals surface area contributed by atoms with Crippen LogP contribution in [-0.4, -0.2) is 20.4 Å². The Labute approximate surface area is 124 Å². The standard InChI is InChI=1S/C15H10F2N4O/c16-11-5-4-10(8-12(11)17)19-15(22)13-2-1-3-14(20-13)21-7-6-18-9-21/h1-9H,(H,19,22). The number of amides is 1. The van der Waals surface area contributed by atoms with Crippen LogP contribution < -0.4 is 5.32 Å². The molecule has 0 aliphatic carbocycles. The number of hydrogen-bond donors (Lipinski definition) is 1. The van der Waals surface area contributed by atoms with E-state index in [0.717, 1.165) is 12.1 Å². The molecule has 5 nitrogen and oxygen atoms in total. The first-order valence-corrected chi connectivity index (χ1v) is 6.35. The molecular formula is C15H10F2N4O. The molecule has 0 aliphatic rings. The number of halogens is 2. The maximum atomic E-state index is 13.1. The Morgan fingerprint density at radius 1 is 1.14 bits per heavy atom. The van der Waals surface area contributed by atoms with Crippen LogP contribution in [0.3, 0.4) is 0 Å². The molecule has 0 bridgehead atoms. The molecule has 0 unspecified atom stereocenters. The average Bonchev–Trinajstić information content (AvgIpc) is 3.05. The number of anilines is 1. The highest BCUT2D eigenvalue weighted by molar-refractivity contribution is 6.02. The van der Waals surface area contributed by atoms with Crippen molar-refractivity contribution in [3.63, 3.8) is 0 Å². The third-order valence-corrected chi connectivity index (χ3v) is 2.91. The number of rotatable bonds is 3. The number of aromatic nitrogens is 3. The molecule has 0 saturated carbocycles. The summed E-state index contributed by atoms with van der Waals surface area (Å²) in [5.41, 5.74) is 0.301. The van der Waals surface area contributed by atoms with Gasteiger partial charge in [0.05, 0.1) is 0 Å². The molecule has 0 spiro atoms. The summed E-state index contributed by atoms with van der Waals surface area (Å²) >= 11 is 0. The molecule has 0 aliphatic heterocycles. The SMILES string of the molecule is O=C(Nc1ccc(F)c(F)c1)c1cccc(-n2ccnc2)n1. The van der Waals surface area contributed by atoms with Crippen LogP contribution in [0, 0.1) is 11.6 Å². The second-order valence-electron chi connectivity index (χ2n) is 4.43. The number of hydrogen-bond acceptors (Lipinski definition) is 3. The van der Waals surface area contributed by atoms with Crippen LogP contribution in [0.25, 0.3) is 5.82 Å². The van der Waals surface area contributed by atoms with Crippen molar-refractivity contribution in [1.29, 1.82) is 0 Å². The van der Waals surface area contributed by atoms with Crippen molar-refractivity contribution in [1.82, 2.24) is 14.5 Å². The molecule has 0 fully saturated rings. The van der Waals surface area contributed by atoms with Gasteiger partial charge in [0.2, 0.25) is 0 Å². The highest BCUT2D eigenvalue weighted by Crippen LogP contribution is 2.14. The van der Waals surface area contributed by atoms with Crippen LogP contribution in [0.15, 0.2) is 55.1 Å². The fraction of sp³-hybridized carbons (Fsp3) is 0. The van der Waals surface area contributed by atoms with Gasteiger partial charge in [-0.25, -0.2) is 18.7 Å². The minimum atomic E-state index is -1.03. The molecule has 7 heteroatoms. The first-order chi connectivity index (χ1) is 10.6. The van der Waals surface area contributed by atoms with Crippen molar-refractivity contribution >= 4 is 11.6 Å². The lowest BCUT2D eigenvalue weighted by molar-refractivity contribution is 0.102. The minimum Gasteiger partial charge on any atom is -0.321 e. The molecule has 110 valence electrons. The van der Waals surface area contributed by atoms with E-state index < -0.39 is 17.5 Å². The first kappa shape index (κ1) is 13.9. The van der Waals surface area contributed by atoms with E-state index in [0.29, 0.717) is 5.82 Å². The van der Waals surface area contributed by atoms with E-state index in [4.69, 9.17) is 0 Å². The number of imidazole rings is 1. The summed E-state index contributed by atoms with van der Waals surface area (Å²) in [5, 5.41) is 2.47. The predicted molar refractivity (Wildman–Crippen MR) is 75.7 cm³/mol. The maximum absolute atomic E-state index is 13.1. The predicted octanol–water partition coefficient (Wildman–Crippen LogP) is 2.80. The van der Waals surface area contributed by atoms with E-state index in [-0.39, 0.29) is 11.4 Å². The number of carbonyl (C=O) groups excluding carboxylic acids is 1. The van der Waals surface area contributed by atoms with Gasteiger partial charge >= 0.3 is 0 Å². The number of pyridine rings is 1. The number of nitrogens with one attached hydrogen (secondary N) is 1. The molecule has 2 heterocycles. The third-order valence-electron chi connectivity index (χ3n) is 2.91. The van der Waals surface area contributed by atoms with Gasteiger partial charge in [0, 0.05) is 24.1 Å². The number of benzene rings is 1. The molecule has 1 N–H and O–H groups in total. The summed E-state index contributed by atoms with van der Waals surface area (Å²) in [7, 11) is 0. The summed E-state index contributed by atoms with van der Waals surface area (Å²) < 4.78 is 27.6. The Balaban J connectivity index is 1.83. The smallest absolute Gasteiger partial charge is 0.274 e. The minimum absolute atomic E-state index is 0.149. The summed E-state index contributed by atoms with van der Waals surface area (Å²) in [6.07, 6.45) is 4.84. The lowest BCUT2D eigenvalue weighted by atomic mass is 10.2. The van der Waals surface area contributed by atoms with Gasteiger partial charge in [-0.15, -0.1) is 0 Å². The fourth-order valence-electron chi connectivity index (χ4n) is 1.86. The monoisotopic (exact) mass is 300 g/mol. The molecular weight excluding hydrogens is 290 g/mol. The van der Waals surface area contributed by atoms with Gasteiger partial charge in [0.25, 0.3) is 5.91 Å². The van der Waals surface area contributed by atoms with Gasteiger partial charge in [-0.3, -0.25) is 9.36 Å². The second-order valence-corrected chi connectivity index (χ2v) is 4.43. The van der Waals surface area contributed by atoms with Crippen molar-refractivity contribution in [2.75, 3.05) is 5.32 Å². The van der Waals surface area contributed by atoms with Crippen molar-refractivity contribution in [3.8, 4) is 5.82 Å². The van der Waals surface area contributed by atoms with Crippen molar-refractivity contribution < 1.29 is 13.6 Å². The molecule has 22 heavy (non-hydrogen) atoms. The molecule has 3 rings (SSSR count). The Morgan fingerprint density at radius 3 is 2.73 bits per heavy atom. The van der Waals surface area contributed by atoms with E-state index in [1.807, 2.05) is 0 Å². The highest BCUT2D eigenvalue weighted by atomic mass is 19.2. The Bertz CT molecular complexity index is 818. The first-order valence-electron chi connectivity index (χ1n) is 6.35. The van der Waals surface area contributed by atoms with Gasteiger partial charge in [-0.2, -0.15) is 0 Å². The van der Waals surface area contributed by atoms with E-state index in [1.54, 1.807) is 35.4 Å². The zero-order chi connectivity index (χ0) is 15.5. The van der Waals surface area contributed by atoms with Gasteiger partial charge in [-0.05, 0) is 24.3 Å². The molecule has 1 amide bonds. The highest BCUT2D eigenvalue weighted by Gasteiger charge is 2.10. The molecule has 0 radical (unpaired) electrons. The Hall–Kier alpha value is -3.09. The molecule has 0 atom stereocenters. The van der Waals surface area contributed by atoms with E-state index >= 15 is 0 Å². The molecule has 3 aromatic rings. The topological polar surface area (TPSA) is 59.8 Å². The van der Waals surface area contributed by atoms with E-state index in [2.05, 4.69) is 15.3 Å². The van der Waals surface area contributed by atoms with E-state index in [9.17, 15) is 13.6 Å². The fourth-order valence-corrected chi connectivity index (χ4v) is 1.86. The normalized spacial score (nSPS) is 10.5. The largest absolute Gasteiger partial charge is 0.321 e. The molecule has 1 aromatic carbocycles.